The first-order chi connectivity index (χ1) is 7.31. The molecule has 0 aliphatic heterocycles. The molecule has 1 aliphatic rings. The van der Waals surface area contributed by atoms with Crippen molar-refractivity contribution in [1.82, 2.24) is 10.4 Å². The summed E-state index contributed by atoms with van der Waals surface area (Å²) in [4.78, 5) is 3.73. The van der Waals surface area contributed by atoms with E-state index in [4.69, 9.17) is 5.84 Å². The van der Waals surface area contributed by atoms with Crippen molar-refractivity contribution in [3.05, 3.63) is 29.8 Å². The standard InChI is InChI=1S/C11H16FN3/c12-10-7-14-5-4-9(10)11(15-13)6-8-2-1-3-8/h4-5,7-8,11,15H,1-3,6,13H2. The highest BCUT2D eigenvalue weighted by molar-refractivity contribution is 5.17. The van der Waals surface area contributed by atoms with Crippen molar-refractivity contribution in [3.63, 3.8) is 0 Å². The van der Waals surface area contributed by atoms with Crippen LogP contribution in [0.2, 0.25) is 0 Å². The predicted octanol–water partition coefficient (Wildman–Crippen LogP) is 1.92. The summed E-state index contributed by atoms with van der Waals surface area (Å²) in [6.07, 6.45) is 7.53. The number of rotatable bonds is 4. The molecule has 1 fully saturated rings. The largest absolute Gasteiger partial charge is 0.271 e. The molecule has 2 rings (SSSR count). The SMILES string of the molecule is NNC(CC1CCC1)c1ccncc1F. The van der Waals surface area contributed by atoms with Crippen molar-refractivity contribution < 1.29 is 4.39 Å². The molecule has 1 unspecified atom stereocenters. The first-order valence-corrected chi connectivity index (χ1v) is 5.37. The second kappa shape index (κ2) is 4.68. The van der Waals surface area contributed by atoms with Crippen LogP contribution in [-0.2, 0) is 0 Å². The van der Waals surface area contributed by atoms with Crippen LogP contribution in [0.15, 0.2) is 18.5 Å². The number of hydrogen-bond acceptors (Lipinski definition) is 3. The van der Waals surface area contributed by atoms with E-state index < -0.39 is 0 Å². The fourth-order valence-electron chi connectivity index (χ4n) is 2.02. The van der Waals surface area contributed by atoms with Gasteiger partial charge in [-0.1, -0.05) is 19.3 Å². The van der Waals surface area contributed by atoms with Crippen LogP contribution >= 0.6 is 0 Å². The zero-order valence-electron chi connectivity index (χ0n) is 8.62. The lowest BCUT2D eigenvalue weighted by Gasteiger charge is -2.29. The molecule has 0 aromatic carbocycles. The number of hydrazine groups is 1. The third-order valence-electron chi connectivity index (χ3n) is 3.17. The fourth-order valence-corrected chi connectivity index (χ4v) is 2.02. The molecule has 0 amide bonds. The molecule has 1 aromatic heterocycles. The lowest BCUT2D eigenvalue weighted by Crippen LogP contribution is -2.31. The molecule has 3 nitrogen and oxygen atoms in total. The van der Waals surface area contributed by atoms with Crippen molar-refractivity contribution in [1.29, 1.82) is 0 Å². The molecule has 1 aromatic rings. The summed E-state index contributed by atoms with van der Waals surface area (Å²) in [7, 11) is 0. The molecule has 1 aliphatic carbocycles. The van der Waals surface area contributed by atoms with Gasteiger partial charge in [-0.15, -0.1) is 0 Å². The fraction of sp³-hybridized carbons (Fsp3) is 0.545. The van der Waals surface area contributed by atoms with E-state index >= 15 is 0 Å². The number of aromatic nitrogens is 1. The zero-order chi connectivity index (χ0) is 10.7. The van der Waals surface area contributed by atoms with Gasteiger partial charge in [0.15, 0.2) is 0 Å². The van der Waals surface area contributed by atoms with Crippen LogP contribution in [0.4, 0.5) is 4.39 Å². The maximum atomic E-state index is 13.4. The number of nitrogens with zero attached hydrogens (tertiary/aromatic N) is 1. The summed E-state index contributed by atoms with van der Waals surface area (Å²) in [6, 6.07) is 1.61. The molecule has 4 heteroatoms. The van der Waals surface area contributed by atoms with Gasteiger partial charge in [-0.3, -0.25) is 16.3 Å². The van der Waals surface area contributed by atoms with Gasteiger partial charge in [-0.05, 0) is 18.4 Å². The van der Waals surface area contributed by atoms with Gasteiger partial charge in [0.05, 0.1) is 6.20 Å². The van der Waals surface area contributed by atoms with Gasteiger partial charge in [0.2, 0.25) is 0 Å². The van der Waals surface area contributed by atoms with Gasteiger partial charge in [-0.2, -0.15) is 0 Å². The van der Waals surface area contributed by atoms with E-state index in [0.29, 0.717) is 11.5 Å². The van der Waals surface area contributed by atoms with Crippen LogP contribution in [-0.4, -0.2) is 4.98 Å². The summed E-state index contributed by atoms with van der Waals surface area (Å²) >= 11 is 0. The monoisotopic (exact) mass is 209 g/mol. The van der Waals surface area contributed by atoms with Crippen LogP contribution in [0.3, 0.4) is 0 Å². The maximum absolute atomic E-state index is 13.4. The Morgan fingerprint density at radius 2 is 2.40 bits per heavy atom. The Morgan fingerprint density at radius 3 is 2.93 bits per heavy atom. The van der Waals surface area contributed by atoms with Crippen molar-refractivity contribution in [3.8, 4) is 0 Å². The van der Waals surface area contributed by atoms with E-state index in [1.165, 1.54) is 25.5 Å². The summed E-state index contributed by atoms with van der Waals surface area (Å²) in [6.45, 7) is 0. The second-order valence-corrected chi connectivity index (χ2v) is 4.15. The highest BCUT2D eigenvalue weighted by Crippen LogP contribution is 2.34. The Balaban J connectivity index is 2.07. The average molecular weight is 209 g/mol. The zero-order valence-corrected chi connectivity index (χ0v) is 8.62. The lowest BCUT2D eigenvalue weighted by atomic mass is 9.80. The third kappa shape index (κ3) is 2.33. The highest BCUT2D eigenvalue weighted by atomic mass is 19.1. The van der Waals surface area contributed by atoms with Gasteiger partial charge in [0, 0.05) is 17.8 Å². The number of halogens is 1. The van der Waals surface area contributed by atoms with E-state index in [2.05, 4.69) is 10.4 Å². The first kappa shape index (κ1) is 10.5. The molecular formula is C11H16FN3. The minimum absolute atomic E-state index is 0.0849. The number of hydrogen-bond donors (Lipinski definition) is 2. The quantitative estimate of drug-likeness (QED) is 0.588. The Bertz CT molecular complexity index is 325. The molecule has 0 bridgehead atoms. The minimum Gasteiger partial charge on any atom is -0.271 e. The Hall–Kier alpha value is -1.00. The molecule has 0 spiro atoms. The Labute approximate surface area is 88.9 Å². The second-order valence-electron chi connectivity index (χ2n) is 4.15. The van der Waals surface area contributed by atoms with E-state index in [1.807, 2.05) is 0 Å². The van der Waals surface area contributed by atoms with E-state index in [-0.39, 0.29) is 11.9 Å². The van der Waals surface area contributed by atoms with Crippen LogP contribution in [0.5, 0.6) is 0 Å². The molecule has 0 saturated heterocycles. The van der Waals surface area contributed by atoms with Crippen molar-refractivity contribution in [2.75, 3.05) is 0 Å². The van der Waals surface area contributed by atoms with Crippen LogP contribution in [0.1, 0.15) is 37.3 Å². The number of nitrogens with two attached hydrogens (primary N) is 1. The molecular weight excluding hydrogens is 193 g/mol. The first-order valence-electron chi connectivity index (χ1n) is 5.37. The summed E-state index contributed by atoms with van der Waals surface area (Å²) in [5.41, 5.74) is 3.31. The lowest BCUT2D eigenvalue weighted by molar-refractivity contribution is 0.259. The number of pyridine rings is 1. The van der Waals surface area contributed by atoms with Crippen LogP contribution in [0.25, 0.3) is 0 Å². The Morgan fingerprint density at radius 1 is 1.60 bits per heavy atom. The molecule has 3 N–H and O–H groups in total. The average Bonchev–Trinajstić information content (AvgIpc) is 2.19. The van der Waals surface area contributed by atoms with Crippen LogP contribution < -0.4 is 11.3 Å². The molecule has 0 radical (unpaired) electrons. The summed E-state index contributed by atoms with van der Waals surface area (Å²) in [5, 5.41) is 0. The van der Waals surface area contributed by atoms with E-state index in [9.17, 15) is 4.39 Å². The minimum atomic E-state index is -0.278. The van der Waals surface area contributed by atoms with E-state index in [1.54, 1.807) is 12.3 Å². The molecule has 1 heterocycles. The molecule has 82 valence electrons. The van der Waals surface area contributed by atoms with Gasteiger partial charge in [-0.25, -0.2) is 4.39 Å². The van der Waals surface area contributed by atoms with Gasteiger partial charge < -0.3 is 0 Å². The normalized spacial score (nSPS) is 18.5. The summed E-state index contributed by atoms with van der Waals surface area (Å²) in [5.74, 6) is 5.88. The smallest absolute Gasteiger partial charge is 0.146 e. The van der Waals surface area contributed by atoms with Gasteiger partial charge in [0.1, 0.15) is 5.82 Å². The Kier molecular flexibility index (Phi) is 3.28. The third-order valence-corrected chi connectivity index (χ3v) is 3.17. The van der Waals surface area contributed by atoms with Gasteiger partial charge >= 0.3 is 0 Å². The van der Waals surface area contributed by atoms with E-state index in [0.717, 1.165) is 6.42 Å². The molecule has 1 atom stereocenters. The highest BCUT2D eigenvalue weighted by Gasteiger charge is 2.23. The summed E-state index contributed by atoms with van der Waals surface area (Å²) < 4.78 is 13.4. The topological polar surface area (TPSA) is 50.9 Å². The van der Waals surface area contributed by atoms with Crippen LogP contribution in [0, 0.1) is 11.7 Å². The van der Waals surface area contributed by atoms with Crippen molar-refractivity contribution in [2.45, 2.75) is 31.7 Å². The molecule has 1 saturated carbocycles. The van der Waals surface area contributed by atoms with Gasteiger partial charge in [0.25, 0.3) is 0 Å². The number of nitrogens with one attached hydrogen (secondary N) is 1. The predicted molar refractivity (Wildman–Crippen MR) is 56.2 cm³/mol. The molecule has 15 heavy (non-hydrogen) atoms. The maximum Gasteiger partial charge on any atom is 0.146 e. The van der Waals surface area contributed by atoms with Crippen molar-refractivity contribution >= 4 is 0 Å². The van der Waals surface area contributed by atoms with Crippen molar-refractivity contribution in [2.24, 2.45) is 11.8 Å².